The predicted molar refractivity (Wildman–Crippen MR) is 79.1 cm³/mol. The molecule has 0 amide bonds. The van der Waals surface area contributed by atoms with E-state index in [1.807, 2.05) is 13.8 Å². The number of carbonyl (C=O) groups is 1. The molecule has 0 aliphatic rings. The van der Waals surface area contributed by atoms with Crippen LogP contribution in [0.5, 0.6) is 0 Å². The maximum Gasteiger partial charge on any atom is 0.342 e. The molecular formula is C15H17FN4O2. The second kappa shape index (κ2) is 6.93. The van der Waals surface area contributed by atoms with Crippen LogP contribution >= 0.6 is 0 Å². The zero-order valence-corrected chi connectivity index (χ0v) is 12.7. The molecule has 2 rings (SSSR count). The Balaban J connectivity index is 2.49. The lowest BCUT2D eigenvalue weighted by Gasteiger charge is -2.10. The molecule has 116 valence electrons. The van der Waals surface area contributed by atoms with Crippen LogP contribution in [0.25, 0.3) is 11.6 Å². The van der Waals surface area contributed by atoms with Gasteiger partial charge in [-0.25, -0.2) is 13.9 Å². The second-order valence-corrected chi connectivity index (χ2v) is 4.87. The molecule has 0 aliphatic carbocycles. The summed E-state index contributed by atoms with van der Waals surface area (Å²) in [6, 6.07) is 5.76. The number of benzene rings is 1. The van der Waals surface area contributed by atoms with Crippen molar-refractivity contribution < 1.29 is 13.9 Å². The van der Waals surface area contributed by atoms with Crippen LogP contribution in [0, 0.1) is 5.82 Å². The van der Waals surface area contributed by atoms with E-state index in [1.54, 1.807) is 25.1 Å². The van der Waals surface area contributed by atoms with E-state index in [0.29, 0.717) is 11.4 Å². The van der Waals surface area contributed by atoms with Crippen LogP contribution in [0.4, 0.5) is 4.39 Å². The molecule has 7 heteroatoms. The van der Waals surface area contributed by atoms with E-state index in [-0.39, 0.29) is 24.0 Å². The van der Waals surface area contributed by atoms with Crippen molar-refractivity contribution in [2.24, 2.45) is 0 Å². The Morgan fingerprint density at radius 1 is 1.36 bits per heavy atom. The van der Waals surface area contributed by atoms with Gasteiger partial charge in [-0.15, -0.1) is 5.10 Å². The van der Waals surface area contributed by atoms with Crippen LogP contribution in [0.3, 0.4) is 0 Å². The molecule has 0 bridgehead atoms. The van der Waals surface area contributed by atoms with Gasteiger partial charge < -0.3 is 4.74 Å². The molecule has 0 aliphatic heterocycles. The highest BCUT2D eigenvalue weighted by Gasteiger charge is 2.21. The average Bonchev–Trinajstić information content (AvgIpc) is 2.96. The van der Waals surface area contributed by atoms with Crippen molar-refractivity contribution in [3.63, 3.8) is 0 Å². The lowest BCUT2D eigenvalue weighted by Crippen LogP contribution is -2.14. The summed E-state index contributed by atoms with van der Waals surface area (Å²) < 4.78 is 19.6. The molecule has 0 radical (unpaired) electrons. The van der Waals surface area contributed by atoms with Gasteiger partial charge in [0, 0.05) is 0 Å². The molecule has 0 spiro atoms. The minimum atomic E-state index is -0.525. The number of hydrogen-bond acceptors (Lipinski definition) is 5. The van der Waals surface area contributed by atoms with Crippen LogP contribution in [-0.2, 0) is 9.53 Å². The molecule has 0 fully saturated rings. The van der Waals surface area contributed by atoms with Crippen molar-refractivity contribution in [1.29, 1.82) is 0 Å². The molecule has 0 saturated heterocycles. The third kappa shape index (κ3) is 3.55. The van der Waals surface area contributed by atoms with E-state index in [2.05, 4.69) is 15.5 Å². The predicted octanol–water partition coefficient (Wildman–Crippen LogP) is 2.50. The summed E-state index contributed by atoms with van der Waals surface area (Å²) in [5.41, 5.74) is 0.884. The summed E-state index contributed by atoms with van der Waals surface area (Å²) in [6.07, 6.45) is 1.59. The standard InChI is InChI=1S/C15H17FN4O2/c1-4-22-15(21)13(9-11-5-7-12(16)8-6-11)14-17-18-19-20(14)10(2)3/h5-10H,4H2,1-3H3. The number of carbonyl (C=O) groups excluding carboxylic acids is 1. The van der Waals surface area contributed by atoms with Crippen LogP contribution < -0.4 is 0 Å². The third-order valence-corrected chi connectivity index (χ3v) is 2.90. The van der Waals surface area contributed by atoms with Gasteiger partial charge in [-0.05, 0) is 55.0 Å². The van der Waals surface area contributed by atoms with Gasteiger partial charge in [-0.2, -0.15) is 0 Å². The fourth-order valence-electron chi connectivity index (χ4n) is 1.87. The molecule has 1 aromatic carbocycles. The van der Waals surface area contributed by atoms with Gasteiger partial charge in [0.15, 0.2) is 5.82 Å². The largest absolute Gasteiger partial charge is 0.462 e. The minimum absolute atomic E-state index is 0.0176. The molecule has 0 unspecified atom stereocenters. The van der Waals surface area contributed by atoms with Crippen LogP contribution in [-0.4, -0.2) is 32.8 Å². The van der Waals surface area contributed by atoms with Gasteiger partial charge in [-0.3, -0.25) is 0 Å². The van der Waals surface area contributed by atoms with Gasteiger partial charge >= 0.3 is 5.97 Å². The summed E-state index contributed by atoms with van der Waals surface area (Å²) in [4.78, 5) is 12.2. The topological polar surface area (TPSA) is 69.9 Å². The van der Waals surface area contributed by atoms with Gasteiger partial charge in [0.2, 0.25) is 0 Å². The first-order valence-electron chi connectivity index (χ1n) is 6.95. The van der Waals surface area contributed by atoms with Crippen molar-refractivity contribution in [2.75, 3.05) is 6.61 Å². The van der Waals surface area contributed by atoms with E-state index >= 15 is 0 Å². The first-order chi connectivity index (χ1) is 10.5. The normalized spacial score (nSPS) is 11.8. The van der Waals surface area contributed by atoms with Crippen molar-refractivity contribution >= 4 is 17.6 Å². The summed E-state index contributed by atoms with van der Waals surface area (Å²) in [5, 5.41) is 11.4. The number of nitrogens with zero attached hydrogens (tertiary/aromatic N) is 4. The molecule has 22 heavy (non-hydrogen) atoms. The van der Waals surface area contributed by atoms with Crippen molar-refractivity contribution in [2.45, 2.75) is 26.8 Å². The highest BCUT2D eigenvalue weighted by Crippen LogP contribution is 2.20. The quantitative estimate of drug-likeness (QED) is 0.627. The summed E-state index contributed by atoms with van der Waals surface area (Å²) in [7, 11) is 0. The fraction of sp³-hybridized carbons (Fsp3) is 0.333. The lowest BCUT2D eigenvalue weighted by atomic mass is 10.1. The van der Waals surface area contributed by atoms with Crippen molar-refractivity contribution in [3.05, 3.63) is 41.5 Å². The lowest BCUT2D eigenvalue weighted by molar-refractivity contribution is -0.136. The van der Waals surface area contributed by atoms with Crippen molar-refractivity contribution in [3.8, 4) is 0 Å². The molecule has 1 aromatic heterocycles. The molecule has 6 nitrogen and oxygen atoms in total. The Morgan fingerprint density at radius 3 is 2.64 bits per heavy atom. The number of ether oxygens (including phenoxy) is 1. The molecule has 0 saturated carbocycles. The van der Waals surface area contributed by atoms with Crippen LogP contribution in [0.1, 0.15) is 38.2 Å². The first kappa shape index (κ1) is 15.8. The fourth-order valence-corrected chi connectivity index (χ4v) is 1.87. The molecule has 0 N–H and O–H groups in total. The van der Waals surface area contributed by atoms with Gasteiger partial charge in [0.05, 0.1) is 12.6 Å². The van der Waals surface area contributed by atoms with Crippen LogP contribution in [0.2, 0.25) is 0 Å². The molecule has 2 aromatic rings. The molecular weight excluding hydrogens is 287 g/mol. The first-order valence-corrected chi connectivity index (χ1v) is 6.95. The minimum Gasteiger partial charge on any atom is -0.462 e. The molecule has 1 heterocycles. The smallest absolute Gasteiger partial charge is 0.342 e. The van der Waals surface area contributed by atoms with Crippen LogP contribution in [0.15, 0.2) is 24.3 Å². The van der Waals surface area contributed by atoms with E-state index < -0.39 is 5.97 Å². The second-order valence-electron chi connectivity index (χ2n) is 4.87. The SMILES string of the molecule is CCOC(=O)C(=Cc1ccc(F)cc1)c1nnnn1C(C)C. The van der Waals surface area contributed by atoms with E-state index in [1.165, 1.54) is 16.8 Å². The number of esters is 1. The van der Waals surface area contributed by atoms with E-state index in [4.69, 9.17) is 4.74 Å². The summed E-state index contributed by atoms with van der Waals surface area (Å²) in [5.74, 6) is -0.553. The van der Waals surface area contributed by atoms with Gasteiger partial charge in [0.1, 0.15) is 11.4 Å². The van der Waals surface area contributed by atoms with Gasteiger partial charge in [0.25, 0.3) is 0 Å². The number of aromatic nitrogens is 4. The van der Waals surface area contributed by atoms with Crippen molar-refractivity contribution in [1.82, 2.24) is 20.2 Å². The van der Waals surface area contributed by atoms with Gasteiger partial charge in [-0.1, -0.05) is 12.1 Å². The molecule has 0 atom stereocenters. The maximum absolute atomic E-state index is 13.0. The Bertz CT molecular complexity index is 677. The maximum atomic E-state index is 13.0. The van der Waals surface area contributed by atoms with E-state index in [0.717, 1.165) is 0 Å². The number of rotatable bonds is 5. The summed E-state index contributed by atoms with van der Waals surface area (Å²) >= 11 is 0. The number of hydrogen-bond donors (Lipinski definition) is 0. The monoisotopic (exact) mass is 304 g/mol. The van der Waals surface area contributed by atoms with E-state index in [9.17, 15) is 9.18 Å². The Labute approximate surface area is 127 Å². The number of tetrazole rings is 1. The zero-order chi connectivity index (χ0) is 16.1. The zero-order valence-electron chi connectivity index (χ0n) is 12.7. The Kier molecular flexibility index (Phi) is 4.98. The Morgan fingerprint density at radius 2 is 2.05 bits per heavy atom. The number of halogens is 1. The highest BCUT2D eigenvalue weighted by molar-refractivity contribution is 6.20. The highest BCUT2D eigenvalue weighted by atomic mass is 19.1. The Hall–Kier alpha value is -2.57. The average molecular weight is 304 g/mol. The summed E-state index contributed by atoms with van der Waals surface area (Å²) in [6.45, 7) is 5.77. The third-order valence-electron chi connectivity index (χ3n) is 2.90.